The van der Waals surface area contributed by atoms with Crippen molar-refractivity contribution in [3.05, 3.63) is 0 Å². The van der Waals surface area contributed by atoms with Crippen LogP contribution in [0.15, 0.2) is 0 Å². The van der Waals surface area contributed by atoms with Gasteiger partial charge in [0.05, 0.1) is 6.54 Å². The number of hydrogen-bond acceptors (Lipinski definition) is 4. The fourth-order valence-electron chi connectivity index (χ4n) is 0.723. The van der Waals surface area contributed by atoms with Crippen LogP contribution in [0.25, 0.3) is 0 Å². The van der Waals surface area contributed by atoms with E-state index in [1.807, 2.05) is 0 Å². The first-order chi connectivity index (χ1) is 5.18. The number of ether oxygens (including phenoxy) is 2. The van der Waals surface area contributed by atoms with Crippen molar-refractivity contribution >= 4 is 12.1 Å². The first-order valence-corrected chi connectivity index (χ1v) is 3.26. The molecule has 1 rings (SSSR count). The van der Waals surface area contributed by atoms with Gasteiger partial charge in [0.15, 0.2) is 6.10 Å². The summed E-state index contributed by atoms with van der Waals surface area (Å²) in [6.07, 6.45) is -0.994. The van der Waals surface area contributed by atoms with Crippen molar-refractivity contribution < 1.29 is 19.1 Å². The Balaban J connectivity index is 2.18. The lowest BCUT2D eigenvalue weighted by Gasteiger charge is -2.05. The van der Waals surface area contributed by atoms with E-state index < -0.39 is 6.16 Å². The topological polar surface area (TPSA) is 64.6 Å². The highest BCUT2D eigenvalue weighted by atomic mass is 16.8. The van der Waals surface area contributed by atoms with E-state index in [1.54, 1.807) is 0 Å². The third kappa shape index (κ3) is 2.45. The minimum absolute atomic E-state index is 0.145. The minimum Gasteiger partial charge on any atom is -0.430 e. The van der Waals surface area contributed by atoms with Crippen molar-refractivity contribution in [3.63, 3.8) is 0 Å². The molecule has 1 saturated heterocycles. The summed E-state index contributed by atoms with van der Waals surface area (Å²) in [5, 5.41) is 2.51. The number of hydrogen-bond donors (Lipinski definition) is 1. The Bertz CT molecular complexity index is 179. The zero-order chi connectivity index (χ0) is 8.27. The molecule has 0 aromatic rings. The predicted octanol–water partition coefficient (Wildman–Crippen LogP) is -0.342. The fourth-order valence-corrected chi connectivity index (χ4v) is 0.723. The lowest BCUT2D eigenvalue weighted by atomic mass is 10.4. The molecule has 0 saturated carbocycles. The van der Waals surface area contributed by atoms with Crippen molar-refractivity contribution in [2.45, 2.75) is 13.0 Å². The highest BCUT2D eigenvalue weighted by Crippen LogP contribution is 2.03. The summed E-state index contributed by atoms with van der Waals surface area (Å²) in [7, 11) is 0. The van der Waals surface area contributed by atoms with Crippen LogP contribution in [-0.4, -0.2) is 31.3 Å². The number of cyclic esters (lactones) is 2. The van der Waals surface area contributed by atoms with E-state index in [0.29, 0.717) is 6.54 Å². The van der Waals surface area contributed by atoms with Gasteiger partial charge in [0, 0.05) is 6.92 Å². The molecule has 0 spiro atoms. The molecule has 0 bridgehead atoms. The largest absolute Gasteiger partial charge is 0.508 e. The minimum atomic E-state index is -0.666. The molecule has 1 heterocycles. The Labute approximate surface area is 63.7 Å². The van der Waals surface area contributed by atoms with E-state index in [4.69, 9.17) is 0 Å². The number of nitrogens with one attached hydrogen (secondary N) is 1. The van der Waals surface area contributed by atoms with Crippen LogP contribution in [0.4, 0.5) is 4.79 Å². The quantitative estimate of drug-likeness (QED) is 0.560. The summed E-state index contributed by atoms with van der Waals surface area (Å²) in [6.45, 7) is 1.94. The van der Waals surface area contributed by atoms with Gasteiger partial charge in [-0.05, 0) is 0 Å². The van der Waals surface area contributed by atoms with Crippen molar-refractivity contribution in [2.75, 3.05) is 13.2 Å². The van der Waals surface area contributed by atoms with E-state index in [9.17, 15) is 9.59 Å². The normalized spacial score (nSPS) is 22.3. The molecule has 0 aliphatic carbocycles. The van der Waals surface area contributed by atoms with Crippen molar-refractivity contribution in [2.24, 2.45) is 0 Å². The first kappa shape index (κ1) is 7.84. The van der Waals surface area contributed by atoms with Gasteiger partial charge in [-0.3, -0.25) is 4.79 Å². The van der Waals surface area contributed by atoms with Gasteiger partial charge in [-0.2, -0.15) is 0 Å². The molecule has 1 N–H and O–H groups in total. The summed E-state index contributed by atoms with van der Waals surface area (Å²) >= 11 is 0. The smallest absolute Gasteiger partial charge is 0.430 e. The Hall–Kier alpha value is -1.26. The molecule has 5 heteroatoms. The monoisotopic (exact) mass is 159 g/mol. The lowest BCUT2D eigenvalue weighted by Crippen LogP contribution is -2.31. The maximum atomic E-state index is 10.4. The Kier molecular flexibility index (Phi) is 2.30. The molecule has 1 aliphatic heterocycles. The average Bonchev–Trinajstić information content (AvgIpc) is 2.31. The van der Waals surface area contributed by atoms with Gasteiger partial charge in [-0.1, -0.05) is 0 Å². The van der Waals surface area contributed by atoms with Crippen LogP contribution in [0, 0.1) is 0 Å². The standard InChI is InChI=1S/C6H9NO4/c1-4(8)7-2-5-3-10-6(9)11-5/h5H,2-3H2,1H3,(H,7,8). The molecule has 1 atom stereocenters. The SMILES string of the molecule is CC(=O)NCC1COC(=O)O1. The highest BCUT2D eigenvalue weighted by molar-refractivity contribution is 5.72. The lowest BCUT2D eigenvalue weighted by molar-refractivity contribution is -0.119. The first-order valence-electron chi connectivity index (χ1n) is 3.26. The van der Waals surface area contributed by atoms with Gasteiger partial charge < -0.3 is 14.8 Å². The molecule has 5 nitrogen and oxygen atoms in total. The summed E-state index contributed by atoms with van der Waals surface area (Å²) in [5.74, 6) is -0.145. The van der Waals surface area contributed by atoms with E-state index in [0.717, 1.165) is 0 Å². The molecule has 0 aromatic carbocycles. The summed E-state index contributed by atoms with van der Waals surface area (Å²) in [4.78, 5) is 20.7. The number of carbonyl (C=O) groups is 2. The Morgan fingerprint density at radius 2 is 2.55 bits per heavy atom. The fraction of sp³-hybridized carbons (Fsp3) is 0.667. The van der Waals surface area contributed by atoms with Crippen LogP contribution in [0.2, 0.25) is 0 Å². The number of carbonyl (C=O) groups excluding carboxylic acids is 2. The molecule has 62 valence electrons. The molecule has 0 radical (unpaired) electrons. The molecule has 1 fully saturated rings. The highest BCUT2D eigenvalue weighted by Gasteiger charge is 2.24. The number of rotatable bonds is 2. The maximum absolute atomic E-state index is 10.4. The van der Waals surface area contributed by atoms with E-state index in [1.165, 1.54) is 6.92 Å². The maximum Gasteiger partial charge on any atom is 0.508 e. The van der Waals surface area contributed by atoms with Crippen molar-refractivity contribution in [1.29, 1.82) is 0 Å². The van der Waals surface area contributed by atoms with Gasteiger partial charge in [-0.15, -0.1) is 0 Å². The Morgan fingerprint density at radius 3 is 3.00 bits per heavy atom. The molecule has 1 aliphatic rings. The summed E-state index contributed by atoms with van der Waals surface area (Å²) in [5.41, 5.74) is 0. The number of amides is 1. The predicted molar refractivity (Wildman–Crippen MR) is 34.9 cm³/mol. The van der Waals surface area contributed by atoms with Gasteiger partial charge in [0.2, 0.25) is 5.91 Å². The molecular formula is C6H9NO4. The van der Waals surface area contributed by atoms with Gasteiger partial charge in [-0.25, -0.2) is 4.79 Å². The van der Waals surface area contributed by atoms with E-state index in [2.05, 4.69) is 14.8 Å². The van der Waals surface area contributed by atoms with E-state index in [-0.39, 0.29) is 18.6 Å². The van der Waals surface area contributed by atoms with Crippen LogP contribution in [0.3, 0.4) is 0 Å². The van der Waals surface area contributed by atoms with Crippen LogP contribution in [0.1, 0.15) is 6.92 Å². The zero-order valence-corrected chi connectivity index (χ0v) is 6.12. The van der Waals surface area contributed by atoms with Crippen LogP contribution in [0.5, 0.6) is 0 Å². The molecule has 1 unspecified atom stereocenters. The van der Waals surface area contributed by atoms with Crippen LogP contribution < -0.4 is 5.32 Å². The van der Waals surface area contributed by atoms with Crippen molar-refractivity contribution in [3.8, 4) is 0 Å². The zero-order valence-electron chi connectivity index (χ0n) is 6.12. The van der Waals surface area contributed by atoms with E-state index >= 15 is 0 Å². The molecule has 11 heavy (non-hydrogen) atoms. The molecular weight excluding hydrogens is 150 g/mol. The second kappa shape index (κ2) is 3.23. The van der Waals surface area contributed by atoms with Gasteiger partial charge in [0.1, 0.15) is 6.61 Å². The molecule has 0 aromatic heterocycles. The average molecular weight is 159 g/mol. The third-order valence-corrected chi connectivity index (χ3v) is 1.23. The third-order valence-electron chi connectivity index (χ3n) is 1.23. The van der Waals surface area contributed by atoms with Crippen LogP contribution in [-0.2, 0) is 14.3 Å². The molecule has 1 amide bonds. The second-order valence-electron chi connectivity index (χ2n) is 2.24. The van der Waals surface area contributed by atoms with Gasteiger partial charge >= 0.3 is 6.16 Å². The van der Waals surface area contributed by atoms with Crippen molar-refractivity contribution in [1.82, 2.24) is 5.32 Å². The van der Waals surface area contributed by atoms with Crippen LogP contribution >= 0.6 is 0 Å². The van der Waals surface area contributed by atoms with Gasteiger partial charge in [0.25, 0.3) is 0 Å². The Morgan fingerprint density at radius 1 is 1.82 bits per heavy atom. The summed E-state index contributed by atoms with van der Waals surface area (Å²) < 4.78 is 9.12. The summed E-state index contributed by atoms with van der Waals surface area (Å²) in [6, 6.07) is 0. The second-order valence-corrected chi connectivity index (χ2v) is 2.24.